The van der Waals surface area contributed by atoms with E-state index in [1.807, 2.05) is 30.3 Å². The summed E-state index contributed by atoms with van der Waals surface area (Å²) in [6.45, 7) is 4.36. The van der Waals surface area contributed by atoms with Crippen LogP contribution in [0, 0.1) is 0 Å². The first-order valence-electron chi connectivity index (χ1n) is 19.6. The first-order chi connectivity index (χ1) is 26.8. The Morgan fingerprint density at radius 3 is 1.58 bits per heavy atom. The Kier molecular flexibility index (Phi) is 32.3. The van der Waals surface area contributed by atoms with Gasteiger partial charge in [-0.15, -0.1) is 0 Å². The summed E-state index contributed by atoms with van der Waals surface area (Å²) in [6, 6.07) is 8.42. The van der Waals surface area contributed by atoms with Gasteiger partial charge < -0.3 is 54.8 Å². The molecule has 0 saturated heterocycles. The molecule has 5 N–H and O–H groups in total. The van der Waals surface area contributed by atoms with E-state index >= 15 is 0 Å². The normalized spacial score (nSPS) is 11.5. The molecular formula is C39H66N4O12. The second-order valence-corrected chi connectivity index (χ2v) is 12.8. The average molecular weight is 783 g/mol. The van der Waals surface area contributed by atoms with Gasteiger partial charge in [-0.05, 0) is 12.0 Å². The van der Waals surface area contributed by atoms with Gasteiger partial charge in [0.2, 0.25) is 23.6 Å². The van der Waals surface area contributed by atoms with Crippen molar-refractivity contribution in [3.05, 3.63) is 35.9 Å². The van der Waals surface area contributed by atoms with Gasteiger partial charge in [0.05, 0.1) is 59.5 Å². The van der Waals surface area contributed by atoms with Crippen LogP contribution in [0.5, 0.6) is 0 Å². The molecule has 0 aliphatic carbocycles. The van der Waals surface area contributed by atoms with E-state index < -0.39 is 24.5 Å². The Bertz CT molecular complexity index is 1150. The third-order valence-electron chi connectivity index (χ3n) is 7.93. The van der Waals surface area contributed by atoms with Crippen LogP contribution in [0.4, 0.5) is 0 Å². The van der Waals surface area contributed by atoms with Gasteiger partial charge in [0.1, 0.15) is 25.9 Å². The van der Waals surface area contributed by atoms with Crippen molar-refractivity contribution in [3.63, 3.8) is 0 Å². The number of nitrogens with one attached hydrogen (secondary N) is 4. The summed E-state index contributed by atoms with van der Waals surface area (Å²) in [5.74, 6) is -2.15. The number of amides is 4. The van der Waals surface area contributed by atoms with E-state index in [9.17, 15) is 24.0 Å². The number of carboxylic acid groups (broad SMARTS) is 1. The standard InChI is InChI=1S/C39H66N4O12/c1-2-3-4-5-6-7-8-9-13-16-35(44)40-17-20-50-23-26-53-30-36(45)41-18-21-51-24-27-54-31-37(46)43-34(29-33-14-11-10-12-15-33)39(49)42-19-22-52-25-28-55-32-38(47)48/h10-12,14-15,34H,2-9,13,16-32H2,1H3,(H,40,44)(H,41,45)(H,42,49)(H,43,46)(H,47,48)/t34-/m1/s1. The predicted octanol–water partition coefficient (Wildman–Crippen LogP) is 2.17. The van der Waals surface area contributed by atoms with Gasteiger partial charge in [-0.3, -0.25) is 19.2 Å². The van der Waals surface area contributed by atoms with Gasteiger partial charge in [-0.2, -0.15) is 0 Å². The van der Waals surface area contributed by atoms with Gasteiger partial charge in [-0.25, -0.2) is 4.79 Å². The molecule has 0 spiro atoms. The van der Waals surface area contributed by atoms with Gasteiger partial charge >= 0.3 is 5.97 Å². The summed E-state index contributed by atoms with van der Waals surface area (Å²) in [7, 11) is 0. The molecule has 0 unspecified atom stereocenters. The van der Waals surface area contributed by atoms with E-state index in [0.717, 1.165) is 18.4 Å². The molecule has 1 aromatic carbocycles. The second kappa shape index (κ2) is 36.0. The van der Waals surface area contributed by atoms with Crippen LogP contribution >= 0.6 is 0 Å². The lowest BCUT2D eigenvalue weighted by atomic mass is 10.1. The van der Waals surface area contributed by atoms with Crippen molar-refractivity contribution in [2.24, 2.45) is 0 Å². The fourth-order valence-electron chi connectivity index (χ4n) is 5.07. The van der Waals surface area contributed by atoms with Crippen molar-refractivity contribution in [2.45, 2.75) is 83.6 Å². The molecule has 0 aromatic heterocycles. The molecule has 314 valence electrons. The maximum atomic E-state index is 12.8. The van der Waals surface area contributed by atoms with Crippen LogP contribution in [0.15, 0.2) is 30.3 Å². The number of carbonyl (C=O) groups excluding carboxylic acids is 4. The number of rotatable bonds is 38. The number of hydrogen-bond acceptors (Lipinski definition) is 11. The Morgan fingerprint density at radius 2 is 1.02 bits per heavy atom. The second-order valence-electron chi connectivity index (χ2n) is 12.8. The van der Waals surface area contributed by atoms with E-state index in [4.69, 9.17) is 33.5 Å². The summed E-state index contributed by atoms with van der Waals surface area (Å²) < 4.78 is 31.8. The highest BCUT2D eigenvalue weighted by atomic mass is 16.5. The first-order valence-corrected chi connectivity index (χ1v) is 19.6. The summed E-state index contributed by atoms with van der Waals surface area (Å²) >= 11 is 0. The fourth-order valence-corrected chi connectivity index (χ4v) is 5.07. The molecule has 1 aromatic rings. The molecule has 0 saturated carbocycles. The van der Waals surface area contributed by atoms with Crippen molar-refractivity contribution in [2.75, 3.05) is 98.9 Å². The zero-order chi connectivity index (χ0) is 40.0. The van der Waals surface area contributed by atoms with Crippen molar-refractivity contribution >= 4 is 29.6 Å². The zero-order valence-electron chi connectivity index (χ0n) is 32.8. The molecule has 16 nitrogen and oxygen atoms in total. The molecule has 16 heteroatoms. The van der Waals surface area contributed by atoms with Gasteiger partial charge in [0, 0.05) is 32.5 Å². The molecule has 1 atom stereocenters. The summed E-state index contributed by atoms with van der Waals surface area (Å²) in [6.07, 6.45) is 11.8. The monoisotopic (exact) mass is 782 g/mol. The number of carboxylic acids is 1. The summed E-state index contributed by atoms with van der Waals surface area (Å²) in [4.78, 5) is 59.7. The maximum absolute atomic E-state index is 12.8. The van der Waals surface area contributed by atoms with Crippen LogP contribution < -0.4 is 21.3 Å². The maximum Gasteiger partial charge on any atom is 0.329 e. The lowest BCUT2D eigenvalue weighted by molar-refractivity contribution is -0.142. The average Bonchev–Trinajstić information content (AvgIpc) is 3.17. The molecule has 4 amide bonds. The van der Waals surface area contributed by atoms with E-state index in [1.54, 1.807) is 0 Å². The first kappa shape index (κ1) is 49.3. The minimum Gasteiger partial charge on any atom is -0.480 e. The molecule has 1 rings (SSSR count). The topological polar surface area (TPSA) is 209 Å². The Labute approximate surface area is 326 Å². The highest BCUT2D eigenvalue weighted by Gasteiger charge is 2.21. The van der Waals surface area contributed by atoms with Gasteiger partial charge in [0.15, 0.2) is 0 Å². The quantitative estimate of drug-likeness (QED) is 0.0612. The smallest absolute Gasteiger partial charge is 0.329 e. The lowest BCUT2D eigenvalue weighted by Crippen LogP contribution is -2.49. The highest BCUT2D eigenvalue weighted by molar-refractivity contribution is 5.88. The molecular weight excluding hydrogens is 716 g/mol. The van der Waals surface area contributed by atoms with Crippen LogP contribution in [0.25, 0.3) is 0 Å². The van der Waals surface area contributed by atoms with Crippen molar-refractivity contribution in [1.82, 2.24) is 21.3 Å². The number of benzene rings is 1. The van der Waals surface area contributed by atoms with E-state index in [2.05, 4.69) is 28.2 Å². The van der Waals surface area contributed by atoms with Crippen LogP contribution in [0.2, 0.25) is 0 Å². The molecule has 0 fully saturated rings. The van der Waals surface area contributed by atoms with Gasteiger partial charge in [0.25, 0.3) is 0 Å². The van der Waals surface area contributed by atoms with Crippen LogP contribution in [0.1, 0.15) is 76.7 Å². The minimum absolute atomic E-state index is 0.0483. The number of carbonyl (C=O) groups is 5. The lowest BCUT2D eigenvalue weighted by Gasteiger charge is -2.19. The summed E-state index contributed by atoms with van der Waals surface area (Å²) in [5, 5.41) is 19.5. The number of hydrogen-bond donors (Lipinski definition) is 5. The highest BCUT2D eigenvalue weighted by Crippen LogP contribution is 2.10. The minimum atomic E-state index is -1.06. The van der Waals surface area contributed by atoms with E-state index in [1.165, 1.54) is 44.9 Å². The third kappa shape index (κ3) is 32.3. The van der Waals surface area contributed by atoms with E-state index in [0.29, 0.717) is 26.2 Å². The van der Waals surface area contributed by atoms with Crippen molar-refractivity contribution in [1.29, 1.82) is 0 Å². The fraction of sp³-hybridized carbons (Fsp3) is 0.718. The molecule has 0 aliphatic heterocycles. The zero-order valence-corrected chi connectivity index (χ0v) is 32.8. The predicted molar refractivity (Wildman–Crippen MR) is 205 cm³/mol. The number of unbranched alkanes of at least 4 members (excludes halogenated alkanes) is 8. The molecule has 0 radical (unpaired) electrons. The molecule has 0 heterocycles. The number of ether oxygens (including phenoxy) is 6. The van der Waals surface area contributed by atoms with Crippen molar-refractivity contribution in [3.8, 4) is 0 Å². The molecule has 0 bridgehead atoms. The Morgan fingerprint density at radius 1 is 0.545 bits per heavy atom. The van der Waals surface area contributed by atoms with Gasteiger partial charge in [-0.1, -0.05) is 88.6 Å². The van der Waals surface area contributed by atoms with E-state index in [-0.39, 0.29) is 96.7 Å². The van der Waals surface area contributed by atoms with Crippen LogP contribution in [-0.4, -0.2) is 140 Å². The SMILES string of the molecule is CCCCCCCCCCCC(=O)NCCOCCOCC(=O)NCCOCCOCC(=O)N[C@H](Cc1ccccc1)C(=O)NCCOCCOCC(=O)O. The Hall–Kier alpha value is -3.67. The van der Waals surface area contributed by atoms with Crippen molar-refractivity contribution < 1.29 is 57.5 Å². The van der Waals surface area contributed by atoms with Crippen LogP contribution in [0.3, 0.4) is 0 Å². The third-order valence-corrected chi connectivity index (χ3v) is 7.93. The summed E-state index contributed by atoms with van der Waals surface area (Å²) in [5.41, 5.74) is 0.865. The van der Waals surface area contributed by atoms with Crippen LogP contribution in [-0.2, 0) is 58.8 Å². The Balaban J connectivity index is 2.03. The largest absolute Gasteiger partial charge is 0.480 e. The molecule has 0 aliphatic rings. The molecule has 55 heavy (non-hydrogen) atoms. The number of aliphatic carboxylic acids is 1.